The van der Waals surface area contributed by atoms with Gasteiger partial charge in [0.05, 0.1) is 11.8 Å². The molecule has 0 bridgehead atoms. The summed E-state index contributed by atoms with van der Waals surface area (Å²) in [6, 6.07) is 17.9. The number of unbranched alkanes of at least 4 members (excludes halogenated alkanes) is 3. The van der Waals surface area contributed by atoms with Gasteiger partial charge in [-0.15, -0.1) is 0 Å². The first-order valence-electron chi connectivity index (χ1n) is 12.6. The van der Waals surface area contributed by atoms with E-state index >= 15 is 0 Å². The highest BCUT2D eigenvalue weighted by molar-refractivity contribution is 6.74. The zero-order valence-electron chi connectivity index (χ0n) is 21.8. The molecule has 0 fully saturated rings. The summed E-state index contributed by atoms with van der Waals surface area (Å²) in [6.45, 7) is 11.2. The van der Waals surface area contributed by atoms with Crippen LogP contribution in [-0.4, -0.2) is 19.2 Å². The molecule has 2 N–H and O–H groups in total. The molecule has 1 atom stereocenters. The van der Waals surface area contributed by atoms with Gasteiger partial charge in [0, 0.05) is 5.56 Å². The molecule has 0 aliphatic carbocycles. The third-order valence-corrected chi connectivity index (χ3v) is 11.5. The Hall–Kier alpha value is -2.70. The van der Waals surface area contributed by atoms with Crippen molar-refractivity contribution in [3.63, 3.8) is 0 Å². The normalized spacial score (nSPS) is 13.1. The molecule has 35 heavy (non-hydrogen) atoms. The van der Waals surface area contributed by atoms with Crippen LogP contribution in [0.1, 0.15) is 80.8 Å². The van der Waals surface area contributed by atoms with Crippen LogP contribution in [0.25, 0.3) is 11.3 Å². The van der Waals surface area contributed by atoms with Crippen LogP contribution in [0.3, 0.4) is 0 Å². The molecule has 188 valence electrons. The van der Waals surface area contributed by atoms with Gasteiger partial charge < -0.3 is 14.6 Å². The maximum absolute atomic E-state index is 11.9. The monoisotopic (exact) mass is 492 g/mol. The molecule has 5 nitrogen and oxygen atoms in total. The van der Waals surface area contributed by atoms with Gasteiger partial charge in [-0.2, -0.15) is 0 Å². The van der Waals surface area contributed by atoms with E-state index in [0.717, 1.165) is 25.7 Å². The number of benzene rings is 2. The van der Waals surface area contributed by atoms with Crippen LogP contribution in [0.2, 0.25) is 18.1 Å². The van der Waals surface area contributed by atoms with Gasteiger partial charge in [0.25, 0.3) is 0 Å². The van der Waals surface area contributed by atoms with Gasteiger partial charge in [-0.3, -0.25) is 4.79 Å². The van der Waals surface area contributed by atoms with Crippen LogP contribution < -0.4 is 5.73 Å². The fourth-order valence-electron chi connectivity index (χ4n) is 3.90. The Morgan fingerprint density at radius 3 is 2.34 bits per heavy atom. The summed E-state index contributed by atoms with van der Waals surface area (Å²) in [7, 11) is -2.04. The molecule has 0 spiro atoms. The lowest BCUT2D eigenvalue weighted by Crippen LogP contribution is -2.41. The van der Waals surface area contributed by atoms with Crippen molar-refractivity contribution in [2.24, 2.45) is 5.73 Å². The molecule has 1 amide bonds. The number of carbonyl (C=O) groups excluding carboxylic acids is 1. The molecule has 3 aromatic rings. The highest BCUT2D eigenvalue weighted by Gasteiger charge is 2.40. The number of oxazole rings is 1. The van der Waals surface area contributed by atoms with E-state index in [1.807, 2.05) is 12.1 Å². The maximum atomic E-state index is 11.9. The Labute approximate surface area is 211 Å². The topological polar surface area (TPSA) is 78.4 Å². The van der Waals surface area contributed by atoms with Gasteiger partial charge in [-0.1, -0.05) is 88.6 Å². The summed E-state index contributed by atoms with van der Waals surface area (Å²) in [5.41, 5.74) is 8.06. The second-order valence-electron chi connectivity index (χ2n) is 10.8. The zero-order valence-corrected chi connectivity index (χ0v) is 22.8. The first-order valence-corrected chi connectivity index (χ1v) is 15.6. The van der Waals surface area contributed by atoms with Crippen molar-refractivity contribution in [1.82, 2.24) is 4.98 Å². The highest BCUT2D eigenvalue weighted by atomic mass is 28.4. The van der Waals surface area contributed by atoms with Crippen LogP contribution in [0.4, 0.5) is 0 Å². The van der Waals surface area contributed by atoms with Crippen LogP contribution >= 0.6 is 0 Å². The van der Waals surface area contributed by atoms with Crippen LogP contribution in [0, 0.1) is 0 Å². The first kappa shape index (κ1) is 26.9. The predicted molar refractivity (Wildman–Crippen MR) is 145 cm³/mol. The van der Waals surface area contributed by atoms with Crippen LogP contribution in [-0.2, 0) is 10.8 Å². The van der Waals surface area contributed by atoms with Gasteiger partial charge in [0.15, 0.2) is 14.1 Å². The van der Waals surface area contributed by atoms with E-state index in [2.05, 4.69) is 69.2 Å². The number of nitrogens with zero attached hydrogens (tertiary/aromatic N) is 1. The average molecular weight is 493 g/mol. The summed E-state index contributed by atoms with van der Waals surface area (Å²) < 4.78 is 13.0. The van der Waals surface area contributed by atoms with Gasteiger partial charge in [-0.05, 0) is 49.0 Å². The standard InChI is InChI=1S/C29H40N2O3Si/c1-29(2,3)35(4,5)34-25(20-12-7-6-9-15-22-16-10-8-11-17-22)28-31-21-26(33-28)23-18-13-14-19-24(23)27(30)32/h8,10-11,13-14,16-19,21,25H,6-7,9,12,15,20H2,1-5H3,(H2,30,32). The van der Waals surface area contributed by atoms with Crippen molar-refractivity contribution in [2.75, 3.05) is 0 Å². The molecule has 1 heterocycles. The summed E-state index contributed by atoms with van der Waals surface area (Å²) in [4.78, 5) is 16.5. The van der Waals surface area contributed by atoms with Crippen molar-refractivity contribution in [3.8, 4) is 11.3 Å². The van der Waals surface area contributed by atoms with Gasteiger partial charge >= 0.3 is 0 Å². The summed E-state index contributed by atoms with van der Waals surface area (Å²) in [5.74, 6) is 0.637. The second kappa shape index (κ2) is 11.8. The summed E-state index contributed by atoms with van der Waals surface area (Å²) >= 11 is 0. The largest absolute Gasteiger partial charge is 0.438 e. The third-order valence-electron chi connectivity index (χ3n) is 7.02. The lowest BCUT2D eigenvalue weighted by atomic mass is 10.0. The zero-order chi connectivity index (χ0) is 25.5. The van der Waals surface area contributed by atoms with Gasteiger partial charge in [-0.25, -0.2) is 4.98 Å². The third kappa shape index (κ3) is 7.39. The van der Waals surface area contributed by atoms with E-state index in [4.69, 9.17) is 14.6 Å². The number of hydrogen-bond acceptors (Lipinski definition) is 4. The Morgan fingerprint density at radius 1 is 1.00 bits per heavy atom. The molecule has 0 radical (unpaired) electrons. The van der Waals surface area contributed by atoms with Crippen molar-refractivity contribution in [1.29, 1.82) is 0 Å². The number of amides is 1. The second-order valence-corrected chi connectivity index (χ2v) is 15.5. The van der Waals surface area contributed by atoms with Crippen LogP contribution in [0.15, 0.2) is 65.2 Å². The minimum absolute atomic E-state index is 0.0783. The van der Waals surface area contributed by atoms with Gasteiger partial charge in [0.1, 0.15) is 6.10 Å². The SMILES string of the molecule is CC(C)(C)[Si](C)(C)OC(CCCCCCc1ccccc1)c1ncc(-c2ccccc2C(N)=O)o1. The lowest BCUT2D eigenvalue weighted by Gasteiger charge is -2.38. The molecule has 6 heteroatoms. The van der Waals surface area contributed by atoms with E-state index in [9.17, 15) is 4.79 Å². The number of hydrogen-bond donors (Lipinski definition) is 1. The molecule has 2 aromatic carbocycles. The number of carbonyl (C=O) groups is 1. The molecule has 0 aliphatic rings. The number of rotatable bonds is 12. The van der Waals surface area contributed by atoms with Gasteiger partial charge in [0.2, 0.25) is 11.8 Å². The van der Waals surface area contributed by atoms with E-state index < -0.39 is 14.2 Å². The summed E-state index contributed by atoms with van der Waals surface area (Å²) in [5, 5.41) is 0.0783. The quantitative estimate of drug-likeness (QED) is 0.207. The average Bonchev–Trinajstić information content (AvgIpc) is 3.30. The number of nitrogens with two attached hydrogens (primary N) is 1. The summed E-state index contributed by atoms with van der Waals surface area (Å²) in [6.07, 6.45) is 8.00. The molecule has 1 unspecified atom stereocenters. The van der Waals surface area contributed by atoms with Crippen molar-refractivity contribution in [3.05, 3.63) is 77.8 Å². The molecule has 0 saturated carbocycles. The predicted octanol–water partition coefficient (Wildman–Crippen LogP) is 7.70. The number of aryl methyl sites for hydroxylation is 1. The first-order chi connectivity index (χ1) is 16.6. The highest BCUT2D eigenvalue weighted by Crippen LogP contribution is 2.41. The molecule has 0 aliphatic heterocycles. The Bertz CT molecular complexity index is 1090. The van der Waals surface area contributed by atoms with Crippen molar-refractivity contribution >= 4 is 14.2 Å². The fraction of sp³-hybridized carbons (Fsp3) is 0.448. The Balaban J connectivity index is 1.69. The Kier molecular flexibility index (Phi) is 9.08. The minimum atomic E-state index is -2.04. The molecule has 1 aromatic heterocycles. The van der Waals surface area contributed by atoms with E-state index in [0.29, 0.717) is 22.8 Å². The fourth-order valence-corrected chi connectivity index (χ4v) is 5.18. The van der Waals surface area contributed by atoms with E-state index in [1.54, 1.807) is 18.3 Å². The number of aromatic nitrogens is 1. The van der Waals surface area contributed by atoms with E-state index in [-0.39, 0.29) is 11.1 Å². The lowest BCUT2D eigenvalue weighted by molar-refractivity contribution is 0.100. The minimum Gasteiger partial charge on any atom is -0.438 e. The Morgan fingerprint density at radius 2 is 1.66 bits per heavy atom. The molecular formula is C29H40N2O3Si. The molecule has 3 rings (SSSR count). The van der Waals surface area contributed by atoms with Crippen molar-refractivity contribution in [2.45, 2.75) is 83.5 Å². The van der Waals surface area contributed by atoms with Crippen molar-refractivity contribution < 1.29 is 13.6 Å². The van der Waals surface area contributed by atoms with Crippen LogP contribution in [0.5, 0.6) is 0 Å². The smallest absolute Gasteiger partial charge is 0.249 e. The maximum Gasteiger partial charge on any atom is 0.249 e. The molecule has 0 saturated heterocycles. The number of primary amides is 1. The van der Waals surface area contributed by atoms with E-state index in [1.165, 1.54) is 18.4 Å². The molecular weight excluding hydrogens is 452 g/mol.